The summed E-state index contributed by atoms with van der Waals surface area (Å²) in [4.78, 5) is 0.243. The fourth-order valence-corrected chi connectivity index (χ4v) is 3.35. The zero-order valence-electron chi connectivity index (χ0n) is 11.1. The van der Waals surface area contributed by atoms with E-state index in [9.17, 15) is 8.42 Å². The summed E-state index contributed by atoms with van der Waals surface area (Å²) in [7, 11) is -2.13. The Kier molecular flexibility index (Phi) is 4.20. The molecule has 0 bridgehead atoms. The molecular weight excluding hydrogens is 298 g/mol. The van der Waals surface area contributed by atoms with Crippen LogP contribution in [0, 0.1) is 6.92 Å². The van der Waals surface area contributed by atoms with Gasteiger partial charge in [0, 0.05) is 0 Å². The Morgan fingerprint density at radius 3 is 2.45 bits per heavy atom. The molecule has 4 nitrogen and oxygen atoms in total. The standard InChI is InChI=1S/C14H14ClNO3S/c1-10-5-3-4-6-14(10)20(17,18)16-11-7-8-13(19-2)12(15)9-11/h3-9,16H,1-2H3. The predicted molar refractivity (Wildman–Crippen MR) is 80.0 cm³/mol. The van der Waals surface area contributed by atoms with Crippen molar-refractivity contribution in [2.45, 2.75) is 11.8 Å². The number of hydrogen-bond donors (Lipinski definition) is 1. The minimum atomic E-state index is -3.63. The zero-order chi connectivity index (χ0) is 14.8. The van der Waals surface area contributed by atoms with Crippen molar-refractivity contribution in [2.75, 3.05) is 11.8 Å². The lowest BCUT2D eigenvalue weighted by Gasteiger charge is -2.11. The van der Waals surface area contributed by atoms with Crippen LogP contribution in [-0.2, 0) is 10.0 Å². The maximum absolute atomic E-state index is 12.3. The van der Waals surface area contributed by atoms with Gasteiger partial charge < -0.3 is 4.74 Å². The molecule has 0 aromatic heterocycles. The highest BCUT2D eigenvalue weighted by Crippen LogP contribution is 2.28. The second kappa shape index (κ2) is 5.73. The number of hydrogen-bond acceptors (Lipinski definition) is 3. The highest BCUT2D eigenvalue weighted by molar-refractivity contribution is 7.92. The van der Waals surface area contributed by atoms with E-state index in [-0.39, 0.29) is 4.90 Å². The van der Waals surface area contributed by atoms with Crippen molar-refractivity contribution in [3.63, 3.8) is 0 Å². The van der Waals surface area contributed by atoms with Crippen molar-refractivity contribution in [2.24, 2.45) is 0 Å². The minimum absolute atomic E-state index is 0.243. The molecule has 0 aliphatic rings. The maximum Gasteiger partial charge on any atom is 0.262 e. The average Bonchev–Trinajstić information content (AvgIpc) is 2.38. The summed E-state index contributed by atoms with van der Waals surface area (Å²) in [5, 5.41) is 0.345. The van der Waals surface area contributed by atoms with Crippen LogP contribution in [0.1, 0.15) is 5.56 Å². The molecule has 106 valence electrons. The summed E-state index contributed by atoms with van der Waals surface area (Å²) in [6.07, 6.45) is 0. The summed E-state index contributed by atoms with van der Waals surface area (Å²) in [5.41, 5.74) is 1.07. The highest BCUT2D eigenvalue weighted by Gasteiger charge is 2.16. The molecule has 0 aliphatic heterocycles. The average molecular weight is 312 g/mol. The van der Waals surface area contributed by atoms with E-state index in [4.69, 9.17) is 16.3 Å². The summed E-state index contributed by atoms with van der Waals surface area (Å²) in [6.45, 7) is 1.75. The van der Waals surface area contributed by atoms with Crippen molar-refractivity contribution >= 4 is 27.3 Å². The van der Waals surface area contributed by atoms with Crippen LogP contribution in [0.15, 0.2) is 47.4 Å². The lowest BCUT2D eigenvalue weighted by molar-refractivity contribution is 0.415. The first-order valence-electron chi connectivity index (χ1n) is 5.86. The van der Waals surface area contributed by atoms with Crippen molar-refractivity contribution in [1.82, 2.24) is 0 Å². The number of halogens is 1. The molecule has 0 spiro atoms. The van der Waals surface area contributed by atoms with Gasteiger partial charge in [0.05, 0.1) is 22.7 Å². The molecular formula is C14H14ClNO3S. The van der Waals surface area contributed by atoms with E-state index in [1.54, 1.807) is 43.3 Å². The second-order valence-corrected chi connectivity index (χ2v) is 6.28. The molecule has 0 heterocycles. The first-order valence-corrected chi connectivity index (χ1v) is 7.72. The lowest BCUT2D eigenvalue weighted by Crippen LogP contribution is -2.14. The summed E-state index contributed by atoms with van der Waals surface area (Å²) in [5.74, 6) is 0.491. The fourth-order valence-electron chi connectivity index (χ4n) is 1.80. The molecule has 6 heteroatoms. The molecule has 0 amide bonds. The molecule has 0 saturated heterocycles. The first kappa shape index (κ1) is 14.7. The van der Waals surface area contributed by atoms with Gasteiger partial charge in [-0.25, -0.2) is 8.42 Å². The molecule has 2 rings (SSSR count). The van der Waals surface area contributed by atoms with Crippen LogP contribution in [0.2, 0.25) is 5.02 Å². The Morgan fingerprint density at radius 2 is 1.85 bits per heavy atom. The van der Waals surface area contributed by atoms with Gasteiger partial charge in [0.2, 0.25) is 0 Å². The molecule has 0 aliphatic carbocycles. The van der Waals surface area contributed by atoms with Gasteiger partial charge in [0.15, 0.2) is 0 Å². The number of benzene rings is 2. The Morgan fingerprint density at radius 1 is 1.15 bits per heavy atom. The predicted octanol–water partition coefficient (Wildman–Crippen LogP) is 3.46. The van der Waals surface area contributed by atoms with Crippen molar-refractivity contribution in [1.29, 1.82) is 0 Å². The van der Waals surface area contributed by atoms with Crippen LogP contribution in [0.4, 0.5) is 5.69 Å². The van der Waals surface area contributed by atoms with Gasteiger partial charge in [0.1, 0.15) is 5.75 Å². The Bertz CT molecular complexity index is 729. The first-order chi connectivity index (χ1) is 9.44. The van der Waals surface area contributed by atoms with Crippen molar-refractivity contribution in [3.8, 4) is 5.75 Å². The van der Waals surface area contributed by atoms with E-state index >= 15 is 0 Å². The van der Waals surface area contributed by atoms with Gasteiger partial charge in [-0.15, -0.1) is 0 Å². The number of rotatable bonds is 4. The lowest BCUT2D eigenvalue weighted by atomic mass is 10.2. The molecule has 0 saturated carbocycles. The van der Waals surface area contributed by atoms with E-state index in [0.717, 1.165) is 0 Å². The third-order valence-corrected chi connectivity index (χ3v) is 4.62. The van der Waals surface area contributed by atoms with Crippen LogP contribution >= 0.6 is 11.6 Å². The van der Waals surface area contributed by atoms with Crippen LogP contribution in [0.25, 0.3) is 0 Å². The van der Waals surface area contributed by atoms with E-state index in [1.807, 2.05) is 0 Å². The van der Waals surface area contributed by atoms with Gasteiger partial charge in [-0.3, -0.25) is 4.72 Å². The van der Waals surface area contributed by atoms with Gasteiger partial charge in [-0.1, -0.05) is 29.8 Å². The van der Waals surface area contributed by atoms with Crippen LogP contribution in [0.3, 0.4) is 0 Å². The van der Waals surface area contributed by atoms with Gasteiger partial charge in [-0.2, -0.15) is 0 Å². The van der Waals surface area contributed by atoms with Crippen molar-refractivity contribution in [3.05, 3.63) is 53.1 Å². The smallest absolute Gasteiger partial charge is 0.262 e. The third kappa shape index (κ3) is 3.05. The molecule has 2 aromatic carbocycles. The molecule has 2 aromatic rings. The van der Waals surface area contributed by atoms with E-state index in [2.05, 4.69) is 4.72 Å². The third-order valence-electron chi connectivity index (χ3n) is 2.79. The van der Waals surface area contributed by atoms with E-state index in [0.29, 0.717) is 22.0 Å². The number of anilines is 1. The number of aryl methyl sites for hydroxylation is 1. The Labute approximate surface area is 123 Å². The van der Waals surface area contributed by atoms with Gasteiger partial charge in [0.25, 0.3) is 10.0 Å². The number of sulfonamides is 1. The molecule has 20 heavy (non-hydrogen) atoms. The molecule has 1 N–H and O–H groups in total. The van der Waals surface area contributed by atoms with E-state index < -0.39 is 10.0 Å². The van der Waals surface area contributed by atoms with E-state index in [1.165, 1.54) is 13.2 Å². The van der Waals surface area contributed by atoms with Crippen LogP contribution in [-0.4, -0.2) is 15.5 Å². The quantitative estimate of drug-likeness (QED) is 0.940. The Balaban J connectivity index is 2.34. The maximum atomic E-state index is 12.3. The highest BCUT2D eigenvalue weighted by atomic mass is 35.5. The summed E-state index contributed by atoms with van der Waals surface area (Å²) in [6, 6.07) is 11.5. The number of methoxy groups -OCH3 is 1. The monoisotopic (exact) mass is 311 g/mol. The van der Waals surface area contributed by atoms with Crippen LogP contribution < -0.4 is 9.46 Å². The second-order valence-electron chi connectivity index (χ2n) is 4.22. The zero-order valence-corrected chi connectivity index (χ0v) is 12.6. The molecule has 0 unspecified atom stereocenters. The summed E-state index contributed by atoms with van der Waals surface area (Å²) < 4.78 is 32.1. The van der Waals surface area contributed by atoms with Crippen LogP contribution in [0.5, 0.6) is 5.75 Å². The molecule has 0 radical (unpaired) electrons. The number of nitrogens with one attached hydrogen (secondary N) is 1. The van der Waals surface area contributed by atoms with Crippen molar-refractivity contribution < 1.29 is 13.2 Å². The number of ether oxygens (including phenoxy) is 1. The largest absolute Gasteiger partial charge is 0.495 e. The fraction of sp³-hybridized carbons (Fsp3) is 0.143. The normalized spacial score (nSPS) is 11.2. The Hall–Kier alpha value is -1.72. The SMILES string of the molecule is COc1ccc(NS(=O)(=O)c2ccccc2C)cc1Cl. The molecule has 0 atom stereocenters. The van der Waals surface area contributed by atoms with Gasteiger partial charge >= 0.3 is 0 Å². The topological polar surface area (TPSA) is 55.4 Å². The minimum Gasteiger partial charge on any atom is -0.495 e. The summed E-state index contributed by atoms with van der Waals surface area (Å²) >= 11 is 5.98. The van der Waals surface area contributed by atoms with Gasteiger partial charge in [-0.05, 0) is 36.8 Å². The molecule has 0 fully saturated rings.